The number of carbonyl (C=O) groups is 2. The van der Waals surface area contributed by atoms with Crippen molar-refractivity contribution in [1.82, 2.24) is 9.13 Å². The molecule has 8 aliphatic carbocycles. The van der Waals surface area contributed by atoms with Crippen LogP contribution in [0, 0.1) is 68.0 Å². The van der Waals surface area contributed by atoms with Crippen LogP contribution in [0.1, 0.15) is 195 Å². The van der Waals surface area contributed by atoms with Crippen molar-refractivity contribution in [3.63, 3.8) is 0 Å². The molecular formula is C58H84N2O4. The molecule has 0 saturated heterocycles. The maximum atomic E-state index is 12.9. The fourth-order valence-electron chi connectivity index (χ4n) is 19.6. The van der Waals surface area contributed by atoms with E-state index in [4.69, 9.17) is 9.47 Å². The zero-order valence-electron chi connectivity index (χ0n) is 42.1. The lowest BCUT2D eigenvalue weighted by atomic mass is 9.36. The van der Waals surface area contributed by atoms with Gasteiger partial charge in [-0.2, -0.15) is 0 Å². The summed E-state index contributed by atoms with van der Waals surface area (Å²) in [6.07, 6.45) is 36.2. The van der Waals surface area contributed by atoms with E-state index in [0.29, 0.717) is 46.3 Å². The van der Waals surface area contributed by atoms with Crippen molar-refractivity contribution in [1.29, 1.82) is 0 Å². The molecule has 10 rings (SSSR count). The van der Waals surface area contributed by atoms with Gasteiger partial charge in [0.15, 0.2) is 0 Å². The van der Waals surface area contributed by atoms with Gasteiger partial charge in [0, 0.05) is 62.6 Å². The van der Waals surface area contributed by atoms with Gasteiger partial charge in [-0.3, -0.25) is 9.59 Å². The molecule has 0 amide bonds. The van der Waals surface area contributed by atoms with Crippen LogP contribution in [0.2, 0.25) is 0 Å². The third kappa shape index (κ3) is 6.26. The topological polar surface area (TPSA) is 62.5 Å². The summed E-state index contributed by atoms with van der Waals surface area (Å²) in [6.45, 7) is 30.6. The molecule has 8 aliphatic rings. The molecule has 2 aromatic heterocycles. The van der Waals surface area contributed by atoms with Crippen LogP contribution in [0.15, 0.2) is 36.9 Å². The molecular weight excluding hydrogens is 789 g/mol. The number of rotatable bonds is 7. The minimum absolute atomic E-state index is 0.140. The Morgan fingerprint density at radius 3 is 1.30 bits per heavy atom. The molecule has 6 heteroatoms. The van der Waals surface area contributed by atoms with Crippen molar-refractivity contribution in [2.24, 2.45) is 68.0 Å². The number of ether oxygens (including phenoxy) is 2. The molecule has 6 nitrogen and oxygen atoms in total. The Bertz CT molecular complexity index is 2100. The number of fused-ring (bicyclic) bond motifs is 14. The van der Waals surface area contributed by atoms with E-state index in [1.54, 1.807) is 13.8 Å². The highest BCUT2D eigenvalue weighted by Crippen LogP contribution is 2.74. The van der Waals surface area contributed by atoms with Gasteiger partial charge in [-0.15, -0.1) is 0 Å². The fraction of sp³-hybridized carbons (Fsp3) is 0.759. The lowest BCUT2D eigenvalue weighted by Crippen LogP contribution is -2.66. The molecule has 0 radical (unpaired) electrons. The average Bonchev–Trinajstić information content (AvgIpc) is 3.82. The van der Waals surface area contributed by atoms with Gasteiger partial charge in [-0.25, -0.2) is 0 Å². The minimum atomic E-state index is -0.268. The molecule has 6 unspecified atom stereocenters. The molecule has 0 aliphatic heterocycles. The van der Waals surface area contributed by atoms with E-state index >= 15 is 0 Å². The van der Waals surface area contributed by atoms with E-state index in [2.05, 4.69) is 127 Å². The molecule has 350 valence electrons. The molecule has 14 atom stereocenters. The summed E-state index contributed by atoms with van der Waals surface area (Å²) < 4.78 is 17.9. The third-order valence-corrected chi connectivity index (χ3v) is 22.2. The summed E-state index contributed by atoms with van der Waals surface area (Å²) in [4.78, 5) is 25.9. The van der Waals surface area contributed by atoms with Crippen molar-refractivity contribution < 1.29 is 19.1 Å². The zero-order chi connectivity index (χ0) is 45.6. The van der Waals surface area contributed by atoms with Crippen LogP contribution in [0.4, 0.5) is 0 Å². The second kappa shape index (κ2) is 14.7. The Morgan fingerprint density at radius 2 is 0.922 bits per heavy atom. The van der Waals surface area contributed by atoms with Crippen molar-refractivity contribution >= 4 is 24.1 Å². The number of unbranched alkanes of at least 4 members (excludes halogenated alkanes) is 1. The summed E-state index contributed by atoms with van der Waals surface area (Å²) in [5, 5.41) is 0. The van der Waals surface area contributed by atoms with Crippen LogP contribution in [0.5, 0.6) is 0 Å². The highest BCUT2D eigenvalue weighted by molar-refractivity contribution is 5.68. The number of hydrogen-bond acceptors (Lipinski definition) is 4. The van der Waals surface area contributed by atoms with E-state index in [9.17, 15) is 9.59 Å². The highest BCUT2D eigenvalue weighted by Gasteiger charge is 2.69. The maximum absolute atomic E-state index is 12.9. The predicted octanol–water partition coefficient (Wildman–Crippen LogP) is 13.7. The van der Waals surface area contributed by atoms with Crippen LogP contribution in [-0.4, -0.2) is 33.3 Å². The van der Waals surface area contributed by atoms with Gasteiger partial charge in [0.2, 0.25) is 0 Å². The third-order valence-electron chi connectivity index (χ3n) is 22.2. The first-order valence-corrected chi connectivity index (χ1v) is 26.1. The Hall–Kier alpha value is -3.02. The summed E-state index contributed by atoms with van der Waals surface area (Å²) in [7, 11) is 0. The lowest BCUT2D eigenvalue weighted by molar-refractivity contribution is -0.205. The summed E-state index contributed by atoms with van der Waals surface area (Å²) in [5.41, 5.74) is 6.34. The predicted molar refractivity (Wildman–Crippen MR) is 258 cm³/mol. The van der Waals surface area contributed by atoms with Gasteiger partial charge in [0.05, 0.1) is 0 Å². The summed E-state index contributed by atoms with van der Waals surface area (Å²) >= 11 is 0. The van der Waals surface area contributed by atoms with E-state index in [0.717, 1.165) is 38.8 Å². The Morgan fingerprint density at radius 1 is 0.531 bits per heavy atom. The molecule has 2 heterocycles. The lowest BCUT2D eigenvalue weighted by Gasteiger charge is -2.69. The second-order valence-electron chi connectivity index (χ2n) is 26.3. The van der Waals surface area contributed by atoms with Crippen molar-refractivity contribution in [2.45, 2.75) is 209 Å². The smallest absolute Gasteiger partial charge is 0.302 e. The SMILES string of the molecule is CC(=O)O[C@@H]1CC2[C@@]3(C)CCCC(C)(C)C3CC[C@@]2(C)C2C=Cc3cn(CCCCn4cc5c(c4)[C@]4(C)C(C=C5)[C@]5(C)CCC6C(C)(C)CCC[C@]6(C)C5C[C@H]4OC(C)=O)cc3[C@]21C. The van der Waals surface area contributed by atoms with E-state index in [-0.39, 0.29) is 56.6 Å². The van der Waals surface area contributed by atoms with E-state index < -0.39 is 0 Å². The number of carbonyl (C=O) groups excluding carboxylic acids is 2. The van der Waals surface area contributed by atoms with Crippen LogP contribution < -0.4 is 0 Å². The van der Waals surface area contributed by atoms with Gasteiger partial charge < -0.3 is 18.6 Å². The van der Waals surface area contributed by atoms with Gasteiger partial charge in [-0.05, 0) is 167 Å². The van der Waals surface area contributed by atoms with Gasteiger partial charge in [0.25, 0.3) is 0 Å². The van der Waals surface area contributed by atoms with Crippen molar-refractivity contribution in [3.8, 4) is 0 Å². The van der Waals surface area contributed by atoms with E-state index in [1.165, 1.54) is 86.5 Å². The average molecular weight is 873 g/mol. The number of aromatic nitrogens is 2. The Kier molecular flexibility index (Phi) is 10.3. The van der Waals surface area contributed by atoms with E-state index in [1.807, 2.05) is 0 Å². The van der Waals surface area contributed by atoms with Crippen LogP contribution in [0.25, 0.3) is 12.2 Å². The number of hydrogen-bond donors (Lipinski definition) is 0. The highest BCUT2D eigenvalue weighted by atomic mass is 16.5. The first kappa shape index (κ1) is 44.8. The molecule has 0 bridgehead atoms. The minimum Gasteiger partial charge on any atom is -0.462 e. The Labute approximate surface area is 387 Å². The van der Waals surface area contributed by atoms with Crippen molar-refractivity contribution in [2.75, 3.05) is 0 Å². The van der Waals surface area contributed by atoms with Crippen LogP contribution in [-0.2, 0) is 43.0 Å². The monoisotopic (exact) mass is 873 g/mol. The largest absolute Gasteiger partial charge is 0.462 e. The Balaban J connectivity index is 0.863. The first-order valence-electron chi connectivity index (χ1n) is 26.1. The molecule has 0 N–H and O–H groups in total. The summed E-state index contributed by atoms with van der Waals surface area (Å²) in [5.74, 6) is 2.82. The van der Waals surface area contributed by atoms with Crippen LogP contribution >= 0.6 is 0 Å². The van der Waals surface area contributed by atoms with Gasteiger partial charge >= 0.3 is 11.9 Å². The molecule has 6 fully saturated rings. The molecule has 0 spiro atoms. The summed E-state index contributed by atoms with van der Waals surface area (Å²) in [6, 6.07) is 0. The van der Waals surface area contributed by atoms with Crippen LogP contribution in [0.3, 0.4) is 0 Å². The number of nitrogens with zero attached hydrogens (tertiary/aromatic N) is 2. The second-order valence-corrected chi connectivity index (χ2v) is 26.3. The first-order chi connectivity index (χ1) is 30.0. The molecule has 64 heavy (non-hydrogen) atoms. The number of allylic oxidation sites excluding steroid dienone is 2. The number of esters is 2. The number of aryl methyl sites for hydroxylation is 2. The fourth-order valence-corrected chi connectivity index (χ4v) is 19.6. The van der Waals surface area contributed by atoms with Gasteiger partial charge in [0.1, 0.15) is 12.2 Å². The van der Waals surface area contributed by atoms with Gasteiger partial charge in [-0.1, -0.05) is 106 Å². The maximum Gasteiger partial charge on any atom is 0.302 e. The molecule has 0 aromatic carbocycles. The molecule has 2 aromatic rings. The van der Waals surface area contributed by atoms with Crippen molar-refractivity contribution in [3.05, 3.63) is 59.2 Å². The normalized spacial score (nSPS) is 44.4. The quantitative estimate of drug-likeness (QED) is 0.205. The molecule has 6 saturated carbocycles. The zero-order valence-corrected chi connectivity index (χ0v) is 42.1. The standard InChI is InChI=1S/C58H84N2O4/c1-37(61)63-49-31-47-53(7)25-15-23-51(3,4)43(53)21-27-55(47,9)45-19-17-39-33-59(35-41(39)57(45,49)11)29-13-14-30-60-34-40-18-20-46-56(10)28-22-44-52(5,6)24-16-26-54(44,8)48(56)32-50(64-38(2)62)58(46,12)42(40)36-60/h17-20,33-36,43-50H,13-16,21-32H2,1-12H3/t43?,44?,45?,46?,47?,48?,49-,50-,53+,54+,55+,56+,57-,58-/m1/s1.